The number of thiophene rings is 1. The van der Waals surface area contributed by atoms with Gasteiger partial charge in [0.15, 0.2) is 0 Å². The maximum absolute atomic E-state index is 8.83. The Bertz CT molecular complexity index is 352. The largest absolute Gasteiger partial charge is 0.312 e. The number of hydrogen-bond donors (Lipinski definition) is 1. The van der Waals surface area contributed by atoms with Crippen molar-refractivity contribution in [2.75, 3.05) is 6.54 Å². The zero-order valence-corrected chi connectivity index (χ0v) is 11.4. The van der Waals surface area contributed by atoms with Crippen molar-refractivity contribution in [2.24, 2.45) is 5.41 Å². The molecule has 0 saturated heterocycles. The summed E-state index contributed by atoms with van der Waals surface area (Å²) in [5.41, 5.74) is -0.219. The smallest absolute Gasteiger partial charge is 0.0684 e. The zero-order valence-electron chi connectivity index (χ0n) is 9.01. The fraction of sp³-hybridized carbons (Fsp3) is 0.545. The van der Waals surface area contributed by atoms with Gasteiger partial charge in [-0.15, -0.1) is 11.3 Å². The Morgan fingerprint density at radius 3 is 2.87 bits per heavy atom. The molecule has 1 rings (SSSR count). The summed E-state index contributed by atoms with van der Waals surface area (Å²) in [6.45, 7) is 5.71. The highest BCUT2D eigenvalue weighted by Crippen LogP contribution is 2.20. The van der Waals surface area contributed by atoms with Gasteiger partial charge in [-0.1, -0.05) is 0 Å². The standard InChI is InChI=1S/C11H15BrN2S/c1-11(2,8-13)3-4-14-6-10-5-9(12)7-15-10/h5,7,14H,3-4,6H2,1-2H3. The molecule has 4 heteroatoms. The monoisotopic (exact) mass is 286 g/mol. The second kappa shape index (κ2) is 5.64. The van der Waals surface area contributed by atoms with E-state index in [0.29, 0.717) is 0 Å². The van der Waals surface area contributed by atoms with E-state index in [-0.39, 0.29) is 5.41 Å². The van der Waals surface area contributed by atoms with E-state index in [1.165, 1.54) is 4.88 Å². The van der Waals surface area contributed by atoms with E-state index in [0.717, 1.165) is 24.0 Å². The van der Waals surface area contributed by atoms with Gasteiger partial charge in [-0.3, -0.25) is 0 Å². The average molecular weight is 287 g/mol. The Balaban J connectivity index is 2.21. The van der Waals surface area contributed by atoms with Crippen LogP contribution in [0.2, 0.25) is 0 Å². The molecule has 0 aromatic carbocycles. The first-order valence-corrected chi connectivity index (χ1v) is 6.56. The van der Waals surface area contributed by atoms with Crippen molar-refractivity contribution in [1.82, 2.24) is 5.32 Å². The molecular formula is C11H15BrN2S. The molecule has 0 unspecified atom stereocenters. The van der Waals surface area contributed by atoms with Gasteiger partial charge < -0.3 is 5.32 Å². The highest BCUT2D eigenvalue weighted by molar-refractivity contribution is 9.10. The fourth-order valence-corrected chi connectivity index (χ4v) is 2.54. The summed E-state index contributed by atoms with van der Waals surface area (Å²) in [5.74, 6) is 0. The van der Waals surface area contributed by atoms with Crippen LogP contribution in [-0.2, 0) is 6.54 Å². The lowest BCUT2D eigenvalue weighted by molar-refractivity contribution is 0.433. The summed E-state index contributed by atoms with van der Waals surface area (Å²) in [5, 5.41) is 14.3. The van der Waals surface area contributed by atoms with Crippen molar-refractivity contribution in [2.45, 2.75) is 26.8 Å². The van der Waals surface area contributed by atoms with Crippen molar-refractivity contribution in [3.05, 3.63) is 20.8 Å². The lowest BCUT2D eigenvalue weighted by atomic mass is 9.91. The number of rotatable bonds is 5. The second-order valence-electron chi connectivity index (χ2n) is 4.15. The van der Waals surface area contributed by atoms with Gasteiger partial charge in [0.2, 0.25) is 0 Å². The predicted octanol–water partition coefficient (Wildman–Crippen LogP) is 3.54. The van der Waals surface area contributed by atoms with Crippen LogP contribution in [0, 0.1) is 16.7 Å². The topological polar surface area (TPSA) is 35.8 Å². The third-order valence-electron chi connectivity index (χ3n) is 2.15. The van der Waals surface area contributed by atoms with E-state index >= 15 is 0 Å². The first-order chi connectivity index (χ1) is 7.03. The molecule has 0 aliphatic carbocycles. The van der Waals surface area contributed by atoms with Gasteiger partial charge in [-0.2, -0.15) is 5.26 Å². The van der Waals surface area contributed by atoms with Gasteiger partial charge in [0.1, 0.15) is 0 Å². The SMILES string of the molecule is CC(C)(C#N)CCNCc1cc(Br)cs1. The molecule has 1 aromatic rings. The van der Waals surface area contributed by atoms with Crippen LogP contribution in [0.25, 0.3) is 0 Å². The van der Waals surface area contributed by atoms with E-state index in [1.807, 2.05) is 13.8 Å². The minimum Gasteiger partial charge on any atom is -0.312 e. The highest BCUT2D eigenvalue weighted by atomic mass is 79.9. The van der Waals surface area contributed by atoms with Crippen molar-refractivity contribution < 1.29 is 0 Å². The quantitative estimate of drug-likeness (QED) is 0.841. The van der Waals surface area contributed by atoms with Gasteiger partial charge in [0, 0.05) is 21.3 Å². The molecule has 1 heterocycles. The Labute approximate surface area is 103 Å². The minimum absolute atomic E-state index is 0.219. The number of halogens is 1. The fourth-order valence-electron chi connectivity index (χ4n) is 1.11. The van der Waals surface area contributed by atoms with Crippen LogP contribution in [0.4, 0.5) is 0 Å². The van der Waals surface area contributed by atoms with Crippen molar-refractivity contribution >= 4 is 27.3 Å². The van der Waals surface area contributed by atoms with Crippen LogP contribution in [-0.4, -0.2) is 6.54 Å². The molecule has 1 N–H and O–H groups in total. The molecule has 15 heavy (non-hydrogen) atoms. The molecule has 0 aliphatic heterocycles. The molecule has 0 bridgehead atoms. The molecule has 0 radical (unpaired) electrons. The summed E-state index contributed by atoms with van der Waals surface area (Å²) in [6.07, 6.45) is 0.885. The third-order valence-corrected chi connectivity index (χ3v) is 3.85. The van der Waals surface area contributed by atoms with Crippen LogP contribution >= 0.6 is 27.3 Å². The lowest BCUT2D eigenvalue weighted by Gasteiger charge is -2.14. The van der Waals surface area contributed by atoms with Crippen LogP contribution in [0.15, 0.2) is 15.9 Å². The number of hydrogen-bond acceptors (Lipinski definition) is 3. The van der Waals surface area contributed by atoms with Crippen LogP contribution < -0.4 is 5.32 Å². The first kappa shape index (κ1) is 12.7. The summed E-state index contributed by atoms with van der Waals surface area (Å²) >= 11 is 5.16. The Hall–Kier alpha value is -0.370. The van der Waals surface area contributed by atoms with Crippen molar-refractivity contribution in [1.29, 1.82) is 5.26 Å². The number of nitriles is 1. The Morgan fingerprint density at radius 2 is 2.33 bits per heavy atom. The first-order valence-electron chi connectivity index (χ1n) is 4.88. The van der Waals surface area contributed by atoms with Crippen molar-refractivity contribution in [3.63, 3.8) is 0 Å². The highest BCUT2D eigenvalue weighted by Gasteiger charge is 2.15. The normalized spacial score (nSPS) is 11.3. The maximum Gasteiger partial charge on any atom is 0.0684 e. The summed E-state index contributed by atoms with van der Waals surface area (Å²) in [4.78, 5) is 1.32. The molecule has 2 nitrogen and oxygen atoms in total. The summed E-state index contributed by atoms with van der Waals surface area (Å²) in [7, 11) is 0. The molecule has 0 aliphatic rings. The molecule has 0 saturated carbocycles. The predicted molar refractivity (Wildman–Crippen MR) is 67.7 cm³/mol. The van der Waals surface area contributed by atoms with Crippen LogP contribution in [0.1, 0.15) is 25.1 Å². The zero-order chi connectivity index (χ0) is 11.3. The molecule has 0 atom stereocenters. The Morgan fingerprint density at radius 1 is 1.60 bits per heavy atom. The van der Waals surface area contributed by atoms with Gasteiger partial charge >= 0.3 is 0 Å². The Kier molecular flexibility index (Phi) is 4.78. The second-order valence-corrected chi connectivity index (χ2v) is 6.07. The minimum atomic E-state index is -0.219. The molecular weight excluding hydrogens is 272 g/mol. The molecule has 1 aromatic heterocycles. The summed E-state index contributed by atoms with van der Waals surface area (Å²) < 4.78 is 1.14. The maximum atomic E-state index is 8.83. The van der Waals surface area contributed by atoms with Crippen molar-refractivity contribution in [3.8, 4) is 6.07 Å². The summed E-state index contributed by atoms with van der Waals surface area (Å²) in [6, 6.07) is 4.42. The molecule has 0 amide bonds. The number of nitrogens with zero attached hydrogens (tertiary/aromatic N) is 1. The molecule has 0 spiro atoms. The van der Waals surface area contributed by atoms with Crippen LogP contribution in [0.3, 0.4) is 0 Å². The van der Waals surface area contributed by atoms with E-state index < -0.39 is 0 Å². The van der Waals surface area contributed by atoms with E-state index in [2.05, 4.69) is 38.8 Å². The van der Waals surface area contributed by atoms with E-state index in [1.54, 1.807) is 11.3 Å². The number of nitrogens with one attached hydrogen (secondary N) is 1. The lowest BCUT2D eigenvalue weighted by Crippen LogP contribution is -2.20. The van der Waals surface area contributed by atoms with Gasteiger partial charge in [-0.25, -0.2) is 0 Å². The van der Waals surface area contributed by atoms with Gasteiger partial charge in [-0.05, 0) is 48.8 Å². The molecule has 0 fully saturated rings. The van der Waals surface area contributed by atoms with E-state index in [4.69, 9.17) is 5.26 Å². The van der Waals surface area contributed by atoms with Gasteiger partial charge in [0.25, 0.3) is 0 Å². The third kappa shape index (κ3) is 4.78. The van der Waals surface area contributed by atoms with Crippen LogP contribution in [0.5, 0.6) is 0 Å². The molecule has 82 valence electrons. The average Bonchev–Trinajstić information content (AvgIpc) is 2.59. The van der Waals surface area contributed by atoms with E-state index in [9.17, 15) is 0 Å². The van der Waals surface area contributed by atoms with Gasteiger partial charge in [0.05, 0.1) is 11.5 Å².